The van der Waals surface area contributed by atoms with Crippen molar-refractivity contribution >= 4 is 34.1 Å². The number of hydrogen-bond donors (Lipinski definition) is 1. The van der Waals surface area contributed by atoms with E-state index in [9.17, 15) is 4.79 Å². The van der Waals surface area contributed by atoms with Gasteiger partial charge in [-0.05, 0) is 24.3 Å². The zero-order valence-corrected chi connectivity index (χ0v) is 11.1. The van der Waals surface area contributed by atoms with Crippen LogP contribution in [0.15, 0.2) is 54.9 Å². The first-order chi connectivity index (χ1) is 9.75. The van der Waals surface area contributed by atoms with Crippen LogP contribution in [0.5, 0.6) is 0 Å². The van der Waals surface area contributed by atoms with Crippen LogP contribution >= 0.6 is 11.6 Å². The second-order valence-electron chi connectivity index (χ2n) is 4.16. The van der Waals surface area contributed by atoms with E-state index in [-0.39, 0.29) is 5.91 Å². The number of nitrogens with zero attached hydrogens (tertiary/aromatic N) is 2. The van der Waals surface area contributed by atoms with E-state index in [2.05, 4.69) is 15.3 Å². The molecule has 3 aromatic rings. The van der Waals surface area contributed by atoms with Crippen LogP contribution in [0.1, 0.15) is 10.5 Å². The Labute approximate surface area is 120 Å². The fourth-order valence-electron chi connectivity index (χ4n) is 1.93. The van der Waals surface area contributed by atoms with Crippen LogP contribution in [-0.2, 0) is 0 Å². The van der Waals surface area contributed by atoms with Crippen LogP contribution in [0, 0.1) is 0 Å². The second-order valence-corrected chi connectivity index (χ2v) is 4.57. The molecule has 0 saturated heterocycles. The normalized spacial score (nSPS) is 10.4. The lowest BCUT2D eigenvalue weighted by atomic mass is 10.2. The van der Waals surface area contributed by atoms with Gasteiger partial charge in [-0.3, -0.25) is 14.8 Å². The number of para-hydroxylation sites is 1. The number of halogens is 1. The maximum Gasteiger partial charge on any atom is 0.274 e. The van der Waals surface area contributed by atoms with Gasteiger partial charge in [0, 0.05) is 17.8 Å². The van der Waals surface area contributed by atoms with Crippen LogP contribution < -0.4 is 5.32 Å². The average Bonchev–Trinajstić information content (AvgIpc) is 2.49. The number of rotatable bonds is 2. The largest absolute Gasteiger partial charge is 0.319 e. The van der Waals surface area contributed by atoms with Crippen molar-refractivity contribution in [2.24, 2.45) is 0 Å². The van der Waals surface area contributed by atoms with Crippen LogP contribution in [-0.4, -0.2) is 15.9 Å². The summed E-state index contributed by atoms with van der Waals surface area (Å²) in [6.07, 6.45) is 3.19. The summed E-state index contributed by atoms with van der Waals surface area (Å²) >= 11 is 6.12. The van der Waals surface area contributed by atoms with Crippen LogP contribution in [0.25, 0.3) is 10.9 Å². The Kier molecular flexibility index (Phi) is 3.31. The molecule has 0 aliphatic rings. The summed E-state index contributed by atoms with van der Waals surface area (Å²) in [5.74, 6) is -0.278. The lowest BCUT2D eigenvalue weighted by Crippen LogP contribution is -2.13. The van der Waals surface area contributed by atoms with Crippen LogP contribution in [0.2, 0.25) is 5.02 Å². The summed E-state index contributed by atoms with van der Waals surface area (Å²) in [7, 11) is 0. The Morgan fingerprint density at radius 3 is 2.70 bits per heavy atom. The molecule has 0 saturated carbocycles. The molecular formula is C15H10ClN3O. The molecule has 0 radical (unpaired) electrons. The number of nitrogens with one attached hydrogen (secondary N) is 1. The van der Waals surface area contributed by atoms with Gasteiger partial charge in [0.25, 0.3) is 5.91 Å². The number of carbonyl (C=O) groups is 1. The summed E-state index contributed by atoms with van der Waals surface area (Å²) in [6.45, 7) is 0. The van der Waals surface area contributed by atoms with E-state index >= 15 is 0 Å². The topological polar surface area (TPSA) is 54.9 Å². The van der Waals surface area contributed by atoms with Gasteiger partial charge < -0.3 is 5.32 Å². The first kappa shape index (κ1) is 12.6. The van der Waals surface area contributed by atoms with Crippen molar-refractivity contribution in [2.45, 2.75) is 0 Å². The Morgan fingerprint density at radius 2 is 1.90 bits per heavy atom. The molecule has 0 spiro atoms. The predicted octanol–water partition coefficient (Wildman–Crippen LogP) is 3.54. The highest BCUT2D eigenvalue weighted by Gasteiger charge is 2.10. The highest BCUT2D eigenvalue weighted by molar-refractivity contribution is 6.35. The number of aromatic nitrogens is 2. The van der Waals surface area contributed by atoms with Gasteiger partial charge in [0.2, 0.25) is 0 Å². The first-order valence-electron chi connectivity index (χ1n) is 6.01. The fraction of sp³-hybridized carbons (Fsp3) is 0. The highest BCUT2D eigenvalue weighted by atomic mass is 35.5. The minimum absolute atomic E-state index is 0.278. The van der Waals surface area contributed by atoms with Gasteiger partial charge in [0.15, 0.2) is 0 Å². The van der Waals surface area contributed by atoms with Crippen molar-refractivity contribution in [3.8, 4) is 0 Å². The summed E-state index contributed by atoms with van der Waals surface area (Å²) in [6, 6.07) is 12.4. The van der Waals surface area contributed by atoms with Crippen molar-refractivity contribution in [3.05, 3.63) is 65.6 Å². The quantitative estimate of drug-likeness (QED) is 0.783. The number of anilines is 1. The predicted molar refractivity (Wildman–Crippen MR) is 78.9 cm³/mol. The standard InChI is InChI=1S/C15H10ClN3O/c16-11-7-9-18-14-10(11)4-3-6-12(14)19-15(20)13-5-1-2-8-17-13/h1-9H,(H,19,20). The molecule has 98 valence electrons. The SMILES string of the molecule is O=C(Nc1cccc2c(Cl)ccnc12)c1ccccn1. The molecule has 2 aromatic heterocycles. The second kappa shape index (κ2) is 5.27. The summed E-state index contributed by atoms with van der Waals surface area (Å²) in [5, 5.41) is 4.21. The van der Waals surface area contributed by atoms with Crippen molar-refractivity contribution < 1.29 is 4.79 Å². The van der Waals surface area contributed by atoms with Crippen molar-refractivity contribution in [3.63, 3.8) is 0 Å². The molecule has 0 aliphatic heterocycles. The van der Waals surface area contributed by atoms with Crippen LogP contribution in [0.3, 0.4) is 0 Å². The smallest absolute Gasteiger partial charge is 0.274 e. The lowest BCUT2D eigenvalue weighted by molar-refractivity contribution is 0.102. The van der Waals surface area contributed by atoms with Crippen molar-refractivity contribution in [1.29, 1.82) is 0 Å². The number of pyridine rings is 2. The molecule has 0 aliphatic carbocycles. The third-order valence-corrected chi connectivity index (χ3v) is 3.19. The third-order valence-electron chi connectivity index (χ3n) is 2.86. The molecular weight excluding hydrogens is 274 g/mol. The van der Waals surface area contributed by atoms with Gasteiger partial charge in [-0.15, -0.1) is 0 Å². The molecule has 1 amide bonds. The number of hydrogen-bond acceptors (Lipinski definition) is 3. The molecule has 0 atom stereocenters. The molecule has 2 heterocycles. The van der Waals surface area contributed by atoms with E-state index in [1.807, 2.05) is 12.1 Å². The minimum Gasteiger partial charge on any atom is -0.319 e. The van der Waals surface area contributed by atoms with E-state index in [0.717, 1.165) is 5.39 Å². The zero-order valence-electron chi connectivity index (χ0n) is 10.4. The Balaban J connectivity index is 2.00. The monoisotopic (exact) mass is 283 g/mol. The fourth-order valence-corrected chi connectivity index (χ4v) is 2.14. The molecule has 0 fully saturated rings. The van der Waals surface area contributed by atoms with E-state index in [1.54, 1.807) is 42.7 Å². The van der Waals surface area contributed by atoms with Gasteiger partial charge in [0.1, 0.15) is 5.69 Å². The maximum absolute atomic E-state index is 12.1. The summed E-state index contributed by atoms with van der Waals surface area (Å²) in [4.78, 5) is 20.4. The third kappa shape index (κ3) is 2.33. The van der Waals surface area contributed by atoms with E-state index in [0.29, 0.717) is 21.9 Å². The zero-order chi connectivity index (χ0) is 13.9. The summed E-state index contributed by atoms with van der Waals surface area (Å²) < 4.78 is 0. The molecule has 0 bridgehead atoms. The lowest BCUT2D eigenvalue weighted by Gasteiger charge is -2.08. The molecule has 5 heteroatoms. The van der Waals surface area contributed by atoms with Crippen molar-refractivity contribution in [2.75, 3.05) is 5.32 Å². The Hall–Kier alpha value is -2.46. The molecule has 1 N–H and O–H groups in total. The van der Waals surface area contributed by atoms with E-state index in [1.165, 1.54) is 0 Å². The van der Waals surface area contributed by atoms with Gasteiger partial charge in [-0.2, -0.15) is 0 Å². The molecule has 4 nitrogen and oxygen atoms in total. The maximum atomic E-state index is 12.1. The van der Waals surface area contributed by atoms with E-state index in [4.69, 9.17) is 11.6 Å². The number of fused-ring (bicyclic) bond motifs is 1. The molecule has 0 unspecified atom stereocenters. The molecule has 1 aromatic carbocycles. The number of amides is 1. The molecule has 3 rings (SSSR count). The Morgan fingerprint density at radius 1 is 1.00 bits per heavy atom. The Bertz CT molecular complexity index is 774. The van der Waals surface area contributed by atoms with Gasteiger partial charge >= 0.3 is 0 Å². The van der Waals surface area contributed by atoms with Gasteiger partial charge in [-0.1, -0.05) is 29.8 Å². The number of carbonyl (C=O) groups excluding carboxylic acids is 1. The van der Waals surface area contributed by atoms with E-state index < -0.39 is 0 Å². The highest BCUT2D eigenvalue weighted by Crippen LogP contribution is 2.27. The first-order valence-corrected chi connectivity index (χ1v) is 6.39. The van der Waals surface area contributed by atoms with Crippen molar-refractivity contribution in [1.82, 2.24) is 9.97 Å². The number of benzene rings is 1. The minimum atomic E-state index is -0.278. The average molecular weight is 284 g/mol. The van der Waals surface area contributed by atoms with Crippen LogP contribution in [0.4, 0.5) is 5.69 Å². The van der Waals surface area contributed by atoms with Gasteiger partial charge in [-0.25, -0.2) is 0 Å². The molecule has 20 heavy (non-hydrogen) atoms. The summed E-state index contributed by atoms with van der Waals surface area (Å²) in [5.41, 5.74) is 1.62. The van der Waals surface area contributed by atoms with Gasteiger partial charge in [0.05, 0.1) is 16.2 Å².